The van der Waals surface area contributed by atoms with E-state index in [-0.39, 0.29) is 24.5 Å². The number of nitrogens with two attached hydrogens (primary N) is 1. The summed E-state index contributed by atoms with van der Waals surface area (Å²) in [5, 5.41) is 9.87. The molecule has 3 N–H and O–H groups in total. The maximum atomic E-state index is 12.9. The monoisotopic (exact) mass is 395 g/mol. The number of carbonyl (C=O) groups excluding carboxylic acids is 1. The normalized spacial score (nSPS) is 14.4. The number of carbonyl (C=O) groups is 1. The molecule has 8 heteroatoms. The van der Waals surface area contributed by atoms with Gasteiger partial charge in [-0.25, -0.2) is 0 Å². The SMILES string of the molecule is CN(C)C(=O)c1cc2c(Oc3ccc(CO)cc3)nc(N)nc2n1C1CCCC1. The third-order valence-electron chi connectivity index (χ3n) is 5.31. The summed E-state index contributed by atoms with van der Waals surface area (Å²) in [6, 6.07) is 9.08. The number of aromatic nitrogens is 3. The summed E-state index contributed by atoms with van der Waals surface area (Å²) in [7, 11) is 3.47. The van der Waals surface area contributed by atoms with Crippen molar-refractivity contribution in [2.45, 2.75) is 38.3 Å². The summed E-state index contributed by atoms with van der Waals surface area (Å²) in [6.07, 6.45) is 4.25. The van der Waals surface area contributed by atoms with Gasteiger partial charge in [0.1, 0.15) is 17.1 Å². The Labute approximate surface area is 168 Å². The Kier molecular flexibility index (Phi) is 5.10. The van der Waals surface area contributed by atoms with Crippen molar-refractivity contribution in [3.63, 3.8) is 0 Å². The Morgan fingerprint density at radius 1 is 1.24 bits per heavy atom. The van der Waals surface area contributed by atoms with Crippen LogP contribution in [0.15, 0.2) is 30.3 Å². The van der Waals surface area contributed by atoms with E-state index in [0.717, 1.165) is 31.2 Å². The van der Waals surface area contributed by atoms with E-state index in [1.54, 1.807) is 49.3 Å². The van der Waals surface area contributed by atoms with Gasteiger partial charge in [0.2, 0.25) is 11.8 Å². The van der Waals surface area contributed by atoms with Gasteiger partial charge in [-0.2, -0.15) is 9.97 Å². The molecule has 4 rings (SSSR count). The van der Waals surface area contributed by atoms with Crippen LogP contribution in [0.1, 0.15) is 47.8 Å². The Hall–Kier alpha value is -3.13. The number of amides is 1. The molecule has 0 spiro atoms. The maximum absolute atomic E-state index is 12.9. The van der Waals surface area contributed by atoms with E-state index in [9.17, 15) is 9.90 Å². The first-order chi connectivity index (χ1) is 14.0. The molecule has 2 heterocycles. The predicted molar refractivity (Wildman–Crippen MR) is 110 cm³/mol. The number of hydrogen-bond acceptors (Lipinski definition) is 6. The maximum Gasteiger partial charge on any atom is 0.270 e. The number of aliphatic hydroxyl groups excluding tert-OH is 1. The Balaban J connectivity index is 1.84. The smallest absolute Gasteiger partial charge is 0.270 e. The van der Waals surface area contributed by atoms with E-state index in [1.807, 2.05) is 4.57 Å². The van der Waals surface area contributed by atoms with E-state index < -0.39 is 0 Å². The van der Waals surface area contributed by atoms with E-state index in [4.69, 9.17) is 10.5 Å². The molecule has 3 aromatic rings. The number of hydrogen-bond donors (Lipinski definition) is 2. The number of fused-ring (bicyclic) bond motifs is 1. The summed E-state index contributed by atoms with van der Waals surface area (Å²) < 4.78 is 8.00. The molecule has 2 aromatic heterocycles. The van der Waals surface area contributed by atoms with Crippen LogP contribution in [0.3, 0.4) is 0 Å². The third kappa shape index (κ3) is 3.63. The van der Waals surface area contributed by atoms with Gasteiger partial charge in [0.15, 0.2) is 0 Å². The molecule has 0 radical (unpaired) electrons. The van der Waals surface area contributed by atoms with Crippen LogP contribution >= 0.6 is 0 Å². The van der Waals surface area contributed by atoms with Gasteiger partial charge in [-0.15, -0.1) is 0 Å². The largest absolute Gasteiger partial charge is 0.438 e. The van der Waals surface area contributed by atoms with E-state index >= 15 is 0 Å². The van der Waals surface area contributed by atoms with Crippen molar-refractivity contribution in [2.24, 2.45) is 0 Å². The summed E-state index contributed by atoms with van der Waals surface area (Å²) in [6.45, 7) is -0.0365. The zero-order valence-corrected chi connectivity index (χ0v) is 16.6. The average molecular weight is 395 g/mol. The van der Waals surface area contributed by atoms with Gasteiger partial charge >= 0.3 is 0 Å². The highest BCUT2D eigenvalue weighted by Crippen LogP contribution is 2.38. The van der Waals surface area contributed by atoms with Crippen LogP contribution in [0, 0.1) is 0 Å². The lowest BCUT2D eigenvalue weighted by Crippen LogP contribution is -2.25. The third-order valence-corrected chi connectivity index (χ3v) is 5.31. The van der Waals surface area contributed by atoms with Crippen LogP contribution in [0.25, 0.3) is 11.0 Å². The highest BCUT2D eigenvalue weighted by atomic mass is 16.5. The number of benzene rings is 1. The number of aliphatic hydroxyl groups is 1. The van der Waals surface area contributed by atoms with Gasteiger partial charge in [0.25, 0.3) is 5.91 Å². The predicted octanol–water partition coefficient (Wildman–Crippen LogP) is 3.12. The molecule has 0 saturated heterocycles. The zero-order valence-electron chi connectivity index (χ0n) is 16.6. The topological polar surface area (TPSA) is 106 Å². The zero-order chi connectivity index (χ0) is 20.5. The minimum atomic E-state index is -0.0910. The first-order valence-corrected chi connectivity index (χ1v) is 9.75. The van der Waals surface area contributed by atoms with Crippen LogP contribution in [0.2, 0.25) is 0 Å². The van der Waals surface area contributed by atoms with Crippen molar-refractivity contribution in [2.75, 3.05) is 19.8 Å². The van der Waals surface area contributed by atoms with Crippen LogP contribution in [-0.4, -0.2) is 44.5 Å². The molecule has 1 amide bonds. The molecule has 1 aromatic carbocycles. The van der Waals surface area contributed by atoms with Crippen LogP contribution in [0.5, 0.6) is 11.6 Å². The lowest BCUT2D eigenvalue weighted by Gasteiger charge is -2.19. The van der Waals surface area contributed by atoms with Crippen molar-refractivity contribution in [1.29, 1.82) is 0 Å². The lowest BCUT2D eigenvalue weighted by molar-refractivity contribution is 0.0815. The molecular formula is C21H25N5O3. The fraction of sp³-hybridized carbons (Fsp3) is 0.381. The van der Waals surface area contributed by atoms with Crippen molar-refractivity contribution in [1.82, 2.24) is 19.4 Å². The Bertz CT molecular complexity index is 1040. The first kappa shape index (κ1) is 19.2. The minimum absolute atomic E-state index is 0.0365. The van der Waals surface area contributed by atoms with Crippen molar-refractivity contribution in [3.05, 3.63) is 41.6 Å². The molecule has 0 unspecified atom stereocenters. The lowest BCUT2D eigenvalue weighted by atomic mass is 10.2. The molecule has 0 aliphatic heterocycles. The van der Waals surface area contributed by atoms with Crippen molar-refractivity contribution >= 4 is 22.9 Å². The average Bonchev–Trinajstić information content (AvgIpc) is 3.35. The minimum Gasteiger partial charge on any atom is -0.438 e. The molecular weight excluding hydrogens is 370 g/mol. The molecule has 1 saturated carbocycles. The van der Waals surface area contributed by atoms with E-state index in [1.165, 1.54) is 0 Å². The van der Waals surface area contributed by atoms with Gasteiger partial charge in [-0.05, 0) is 36.6 Å². The molecule has 0 atom stereocenters. The second-order valence-corrected chi connectivity index (χ2v) is 7.57. The van der Waals surface area contributed by atoms with Crippen LogP contribution < -0.4 is 10.5 Å². The van der Waals surface area contributed by atoms with E-state index in [0.29, 0.717) is 28.4 Å². The number of nitrogen functional groups attached to an aromatic ring is 1. The Morgan fingerprint density at radius 2 is 1.93 bits per heavy atom. The molecule has 1 aliphatic carbocycles. The molecule has 1 aliphatic rings. The standard InChI is InChI=1S/C21H25N5O3/c1-25(2)20(28)17-11-16-18(26(17)14-5-3-4-6-14)23-21(22)24-19(16)29-15-9-7-13(12-27)8-10-15/h7-11,14,27H,3-6,12H2,1-2H3,(H2,22,23,24). The summed E-state index contributed by atoms with van der Waals surface area (Å²) in [5.41, 5.74) is 7.97. The van der Waals surface area contributed by atoms with Crippen LogP contribution in [0.4, 0.5) is 5.95 Å². The van der Waals surface area contributed by atoms with Crippen molar-refractivity contribution in [3.8, 4) is 11.6 Å². The van der Waals surface area contributed by atoms with Gasteiger partial charge in [0.05, 0.1) is 12.0 Å². The fourth-order valence-electron chi connectivity index (χ4n) is 3.86. The highest BCUT2D eigenvalue weighted by Gasteiger charge is 2.28. The number of nitrogens with zero attached hydrogens (tertiary/aromatic N) is 4. The van der Waals surface area contributed by atoms with Crippen LogP contribution in [-0.2, 0) is 6.61 Å². The molecule has 1 fully saturated rings. The summed E-state index contributed by atoms with van der Waals surface area (Å²) in [4.78, 5) is 23.2. The van der Waals surface area contributed by atoms with Gasteiger partial charge in [-0.3, -0.25) is 4.79 Å². The Morgan fingerprint density at radius 3 is 2.55 bits per heavy atom. The second kappa shape index (κ2) is 7.71. The number of rotatable bonds is 5. The van der Waals surface area contributed by atoms with Gasteiger partial charge < -0.3 is 25.0 Å². The molecule has 152 valence electrons. The molecule has 8 nitrogen and oxygen atoms in total. The molecule has 29 heavy (non-hydrogen) atoms. The fourth-order valence-corrected chi connectivity index (χ4v) is 3.86. The summed E-state index contributed by atoms with van der Waals surface area (Å²) >= 11 is 0. The number of ether oxygens (including phenoxy) is 1. The number of anilines is 1. The highest BCUT2D eigenvalue weighted by molar-refractivity contribution is 5.99. The molecule has 0 bridgehead atoms. The van der Waals surface area contributed by atoms with Crippen molar-refractivity contribution < 1.29 is 14.6 Å². The van der Waals surface area contributed by atoms with Gasteiger partial charge in [-0.1, -0.05) is 25.0 Å². The summed E-state index contributed by atoms with van der Waals surface area (Å²) in [5.74, 6) is 0.886. The second-order valence-electron chi connectivity index (χ2n) is 7.57. The first-order valence-electron chi connectivity index (χ1n) is 9.75. The quantitative estimate of drug-likeness (QED) is 0.687. The van der Waals surface area contributed by atoms with E-state index in [2.05, 4.69) is 9.97 Å². The van der Waals surface area contributed by atoms with Gasteiger partial charge in [0, 0.05) is 20.1 Å².